The van der Waals surface area contributed by atoms with E-state index < -0.39 is 97.5 Å². The van der Waals surface area contributed by atoms with Gasteiger partial charge < -0.3 is 33.8 Å². The molecule has 0 fully saturated rings. The number of ether oxygens (including phenoxy) is 4. The molecule has 0 spiro atoms. The second-order valence-electron chi connectivity index (χ2n) is 30.6. The first kappa shape index (κ1) is 98.1. The van der Waals surface area contributed by atoms with Crippen molar-refractivity contribution in [2.75, 3.05) is 39.6 Å². The number of rotatable bonds is 79. The normalized spacial score (nSPS) is 14.0. The molecule has 0 aliphatic rings. The van der Waals surface area contributed by atoms with E-state index in [2.05, 4.69) is 48.5 Å². The molecular formula is C81H158O17P2. The third-order valence-corrected chi connectivity index (χ3v) is 20.8. The first-order valence-corrected chi connectivity index (χ1v) is 44.8. The Balaban J connectivity index is 5.23. The number of phosphoric acid groups is 2. The zero-order chi connectivity index (χ0) is 73.7. The highest BCUT2D eigenvalue weighted by molar-refractivity contribution is 7.47. The van der Waals surface area contributed by atoms with Gasteiger partial charge in [-0.05, 0) is 43.4 Å². The summed E-state index contributed by atoms with van der Waals surface area (Å²) in [5.74, 6) is 0.142. The molecule has 0 amide bonds. The number of aliphatic hydroxyl groups is 1. The predicted molar refractivity (Wildman–Crippen MR) is 409 cm³/mol. The third-order valence-electron chi connectivity index (χ3n) is 18.9. The lowest BCUT2D eigenvalue weighted by Crippen LogP contribution is -2.30. The van der Waals surface area contributed by atoms with Crippen LogP contribution in [-0.4, -0.2) is 96.7 Å². The van der Waals surface area contributed by atoms with Crippen molar-refractivity contribution in [2.45, 2.75) is 439 Å². The third kappa shape index (κ3) is 74.3. The summed E-state index contributed by atoms with van der Waals surface area (Å²) >= 11 is 0. The van der Waals surface area contributed by atoms with Gasteiger partial charge in [-0.2, -0.15) is 0 Å². The number of unbranched alkanes of at least 4 members (excludes halogenated alkanes) is 47. The Hall–Kier alpha value is -1.94. The van der Waals surface area contributed by atoms with Crippen molar-refractivity contribution in [2.24, 2.45) is 17.8 Å². The van der Waals surface area contributed by atoms with E-state index in [0.717, 1.165) is 108 Å². The van der Waals surface area contributed by atoms with Crippen LogP contribution in [0.1, 0.15) is 421 Å². The van der Waals surface area contributed by atoms with Gasteiger partial charge in [-0.3, -0.25) is 37.3 Å². The molecular weight excluding hydrogens is 1310 g/mol. The Morgan fingerprint density at radius 2 is 0.460 bits per heavy atom. The first-order valence-electron chi connectivity index (χ1n) is 41.8. The molecule has 3 N–H and O–H groups in total. The summed E-state index contributed by atoms with van der Waals surface area (Å²) < 4.78 is 68.7. The number of esters is 4. The summed E-state index contributed by atoms with van der Waals surface area (Å²) in [6, 6.07) is 0. The van der Waals surface area contributed by atoms with Crippen LogP contribution in [0.15, 0.2) is 0 Å². The monoisotopic (exact) mass is 1470 g/mol. The predicted octanol–water partition coefficient (Wildman–Crippen LogP) is 24.1. The average Bonchev–Trinajstić information content (AvgIpc) is 0.927. The zero-order valence-electron chi connectivity index (χ0n) is 65.7. The molecule has 100 heavy (non-hydrogen) atoms. The van der Waals surface area contributed by atoms with Gasteiger partial charge in [0.2, 0.25) is 0 Å². The molecule has 19 heteroatoms. The largest absolute Gasteiger partial charge is 0.472 e. The minimum atomic E-state index is -4.96. The van der Waals surface area contributed by atoms with Gasteiger partial charge in [0, 0.05) is 25.7 Å². The van der Waals surface area contributed by atoms with Crippen LogP contribution in [0.2, 0.25) is 0 Å². The van der Waals surface area contributed by atoms with Crippen LogP contribution in [0.25, 0.3) is 0 Å². The second-order valence-corrected chi connectivity index (χ2v) is 33.5. The molecule has 0 aliphatic carbocycles. The van der Waals surface area contributed by atoms with Gasteiger partial charge in [-0.15, -0.1) is 0 Å². The van der Waals surface area contributed by atoms with E-state index in [1.807, 2.05) is 0 Å². The SMILES string of the molecule is CCCCCCCCCCCCCCCCCCCCCC(=O)O[C@H](COC(=O)CCCCCCCCCCCCCCCCC(C)C)COP(=O)(O)OC[C@@H](O)COP(=O)(O)OC[C@@H](COC(=O)CCCCCCCCC(C)C)OC(=O)CCCCCCCCCCCCCCC(C)C. The van der Waals surface area contributed by atoms with Crippen molar-refractivity contribution in [1.82, 2.24) is 0 Å². The van der Waals surface area contributed by atoms with Gasteiger partial charge in [0.15, 0.2) is 12.2 Å². The number of hydrogen-bond donors (Lipinski definition) is 3. The quantitative estimate of drug-likeness (QED) is 0.0222. The Kier molecular flexibility index (Phi) is 69.9. The summed E-state index contributed by atoms with van der Waals surface area (Å²) in [4.78, 5) is 73.0. The Labute approximate surface area is 613 Å². The smallest absolute Gasteiger partial charge is 0.462 e. The van der Waals surface area contributed by atoms with Crippen LogP contribution in [0, 0.1) is 17.8 Å². The minimum Gasteiger partial charge on any atom is -0.462 e. The molecule has 0 aromatic carbocycles. The minimum absolute atomic E-state index is 0.106. The molecule has 0 aromatic heterocycles. The average molecular weight is 1470 g/mol. The highest BCUT2D eigenvalue weighted by atomic mass is 31.2. The van der Waals surface area contributed by atoms with Crippen LogP contribution in [-0.2, 0) is 65.4 Å². The second kappa shape index (κ2) is 71.3. The number of phosphoric ester groups is 2. The van der Waals surface area contributed by atoms with Crippen molar-refractivity contribution in [3.05, 3.63) is 0 Å². The molecule has 5 atom stereocenters. The van der Waals surface area contributed by atoms with Gasteiger partial charge in [0.1, 0.15) is 19.3 Å². The molecule has 0 saturated heterocycles. The van der Waals surface area contributed by atoms with Crippen LogP contribution >= 0.6 is 15.6 Å². The van der Waals surface area contributed by atoms with E-state index in [9.17, 15) is 43.2 Å². The van der Waals surface area contributed by atoms with Gasteiger partial charge in [-0.1, -0.05) is 370 Å². The maximum atomic E-state index is 13.1. The number of carbonyl (C=O) groups is 4. The topological polar surface area (TPSA) is 237 Å². The van der Waals surface area contributed by atoms with Crippen LogP contribution < -0.4 is 0 Å². The van der Waals surface area contributed by atoms with E-state index in [4.69, 9.17) is 37.0 Å². The zero-order valence-corrected chi connectivity index (χ0v) is 67.5. The molecule has 0 radical (unpaired) electrons. The highest BCUT2D eigenvalue weighted by Gasteiger charge is 2.30. The molecule has 0 bridgehead atoms. The fraction of sp³-hybridized carbons (Fsp3) is 0.951. The lowest BCUT2D eigenvalue weighted by molar-refractivity contribution is -0.161. The molecule has 0 aliphatic heterocycles. The Morgan fingerprint density at radius 3 is 0.680 bits per heavy atom. The van der Waals surface area contributed by atoms with Crippen molar-refractivity contribution >= 4 is 39.5 Å². The van der Waals surface area contributed by atoms with E-state index in [0.29, 0.717) is 31.6 Å². The van der Waals surface area contributed by atoms with E-state index in [1.165, 1.54) is 225 Å². The summed E-state index contributed by atoms with van der Waals surface area (Å²) in [6.07, 6.45) is 59.8. The lowest BCUT2D eigenvalue weighted by atomic mass is 10.0. The lowest BCUT2D eigenvalue weighted by Gasteiger charge is -2.21. The van der Waals surface area contributed by atoms with Gasteiger partial charge >= 0.3 is 39.5 Å². The Morgan fingerprint density at radius 1 is 0.270 bits per heavy atom. The molecule has 594 valence electrons. The molecule has 2 unspecified atom stereocenters. The van der Waals surface area contributed by atoms with E-state index in [1.54, 1.807) is 0 Å². The summed E-state index contributed by atoms with van der Waals surface area (Å²) in [5.41, 5.74) is 0. The standard InChI is InChI=1S/C81H158O17P2/c1-8-9-10-11-12-13-14-15-16-17-18-19-20-25-31-36-41-50-57-64-80(85)97-76(68-91-78(83)62-55-48-40-35-30-24-22-21-23-28-33-38-45-52-59-72(2)3)70-95-99(87,88)93-66-75(82)67-94-100(89,90)96-71-77(69-92-79(84)63-56-49-44-43-47-54-61-74(6)7)98-81(86)65-58-51-42-37-32-27-26-29-34-39-46-53-60-73(4)5/h72-77,82H,8-71H2,1-7H3,(H,87,88)(H,89,90)/t75-,76-,77-/m1/s1. The highest BCUT2D eigenvalue weighted by Crippen LogP contribution is 2.45. The molecule has 0 heterocycles. The maximum absolute atomic E-state index is 13.1. The Bertz CT molecular complexity index is 1940. The maximum Gasteiger partial charge on any atom is 0.472 e. The van der Waals surface area contributed by atoms with Crippen molar-refractivity contribution < 1.29 is 80.2 Å². The van der Waals surface area contributed by atoms with E-state index >= 15 is 0 Å². The summed E-state index contributed by atoms with van der Waals surface area (Å²) in [5, 5.41) is 10.6. The van der Waals surface area contributed by atoms with Gasteiger partial charge in [0.05, 0.1) is 26.4 Å². The molecule has 0 rings (SSSR count). The van der Waals surface area contributed by atoms with Crippen LogP contribution in [0.5, 0.6) is 0 Å². The van der Waals surface area contributed by atoms with Crippen LogP contribution in [0.4, 0.5) is 0 Å². The van der Waals surface area contributed by atoms with Crippen LogP contribution in [0.3, 0.4) is 0 Å². The summed E-state index contributed by atoms with van der Waals surface area (Å²) in [6.45, 7) is 11.9. The molecule has 0 saturated carbocycles. The molecule has 17 nitrogen and oxygen atoms in total. The van der Waals surface area contributed by atoms with Gasteiger partial charge in [0.25, 0.3) is 0 Å². The van der Waals surface area contributed by atoms with E-state index in [-0.39, 0.29) is 25.7 Å². The number of aliphatic hydroxyl groups excluding tert-OH is 1. The first-order chi connectivity index (χ1) is 48.2. The fourth-order valence-electron chi connectivity index (χ4n) is 12.5. The van der Waals surface area contributed by atoms with Crippen molar-refractivity contribution in [1.29, 1.82) is 0 Å². The number of carbonyl (C=O) groups excluding carboxylic acids is 4. The number of hydrogen-bond acceptors (Lipinski definition) is 15. The fourth-order valence-corrected chi connectivity index (χ4v) is 14.1. The summed E-state index contributed by atoms with van der Waals surface area (Å²) in [7, 11) is -9.92. The van der Waals surface area contributed by atoms with Crippen molar-refractivity contribution in [3.63, 3.8) is 0 Å². The molecule has 0 aromatic rings. The van der Waals surface area contributed by atoms with Gasteiger partial charge in [-0.25, -0.2) is 9.13 Å². The van der Waals surface area contributed by atoms with Crippen molar-refractivity contribution in [3.8, 4) is 0 Å².